The largest absolute Gasteiger partial charge is 0.504 e. The molecule has 1 N–H and O–H groups in total. The van der Waals surface area contributed by atoms with Crippen molar-refractivity contribution in [3.05, 3.63) is 60.2 Å². The highest BCUT2D eigenvalue weighted by atomic mass is 32.2. The summed E-state index contributed by atoms with van der Waals surface area (Å²) in [6.07, 6.45) is 4.48. The van der Waals surface area contributed by atoms with Crippen LogP contribution in [0.3, 0.4) is 0 Å². The van der Waals surface area contributed by atoms with Crippen LogP contribution in [0, 0.1) is 5.82 Å². The standard InChI is InChI=1S/C19H16FN3O3S/c20-18-9-13(8-14(12-24)19(18)25)15-10-21-23(11-15)16-2-4-17(5-3-16)27(26)7-1-6-22-27/h2-5,8-12,25H,1,6-7H2. The Morgan fingerprint density at radius 1 is 1.19 bits per heavy atom. The van der Waals surface area contributed by atoms with Gasteiger partial charge in [0.1, 0.15) is 0 Å². The van der Waals surface area contributed by atoms with Crippen molar-refractivity contribution in [1.29, 1.82) is 0 Å². The zero-order valence-electron chi connectivity index (χ0n) is 14.2. The Morgan fingerprint density at radius 3 is 2.63 bits per heavy atom. The fourth-order valence-corrected chi connectivity index (χ4v) is 5.05. The number of carbonyl (C=O) groups excluding carboxylic acids is 1. The summed E-state index contributed by atoms with van der Waals surface area (Å²) in [5.41, 5.74) is 1.66. The van der Waals surface area contributed by atoms with E-state index in [0.717, 1.165) is 18.2 Å². The highest BCUT2D eigenvalue weighted by Crippen LogP contribution is 2.29. The number of benzene rings is 2. The first-order valence-electron chi connectivity index (χ1n) is 8.34. The third-order valence-electron chi connectivity index (χ3n) is 4.48. The molecule has 138 valence electrons. The number of nitrogens with zero attached hydrogens (tertiary/aromatic N) is 3. The summed E-state index contributed by atoms with van der Waals surface area (Å²) in [4.78, 5) is 11.7. The second-order valence-corrected chi connectivity index (χ2v) is 8.65. The zero-order chi connectivity index (χ0) is 19.0. The van der Waals surface area contributed by atoms with Crippen LogP contribution in [0.4, 0.5) is 4.39 Å². The highest BCUT2D eigenvalue weighted by Gasteiger charge is 2.17. The molecule has 0 spiro atoms. The van der Waals surface area contributed by atoms with Gasteiger partial charge in [-0.05, 0) is 48.4 Å². The average molecular weight is 385 g/mol. The van der Waals surface area contributed by atoms with E-state index in [1.54, 1.807) is 41.3 Å². The van der Waals surface area contributed by atoms with Gasteiger partial charge in [-0.25, -0.2) is 17.6 Å². The lowest BCUT2D eigenvalue weighted by Gasteiger charge is -2.06. The molecule has 2 heterocycles. The average Bonchev–Trinajstić information content (AvgIpc) is 3.34. The monoisotopic (exact) mass is 385 g/mol. The number of carbonyl (C=O) groups is 1. The molecule has 6 nitrogen and oxygen atoms in total. The number of phenols is 1. The number of hydrogen-bond donors (Lipinski definition) is 1. The van der Waals surface area contributed by atoms with Crippen LogP contribution < -0.4 is 0 Å². The maximum Gasteiger partial charge on any atom is 0.166 e. The molecule has 1 aromatic heterocycles. The molecule has 27 heavy (non-hydrogen) atoms. The van der Waals surface area contributed by atoms with Gasteiger partial charge in [0.05, 0.1) is 27.2 Å². The summed E-state index contributed by atoms with van der Waals surface area (Å²) in [6.45, 7) is 0.634. The predicted octanol–water partition coefficient (Wildman–Crippen LogP) is 3.43. The van der Waals surface area contributed by atoms with Gasteiger partial charge >= 0.3 is 0 Å². The van der Waals surface area contributed by atoms with Gasteiger partial charge in [0.15, 0.2) is 17.9 Å². The van der Waals surface area contributed by atoms with Crippen LogP contribution in [-0.2, 0) is 9.73 Å². The van der Waals surface area contributed by atoms with E-state index in [1.165, 1.54) is 6.07 Å². The van der Waals surface area contributed by atoms with Crippen molar-refractivity contribution in [3.8, 4) is 22.6 Å². The van der Waals surface area contributed by atoms with Crippen LogP contribution in [0.25, 0.3) is 16.8 Å². The fraction of sp³-hybridized carbons (Fsp3) is 0.158. The van der Waals surface area contributed by atoms with Crippen molar-refractivity contribution < 1.29 is 18.5 Å². The van der Waals surface area contributed by atoms with Crippen LogP contribution >= 0.6 is 0 Å². The summed E-state index contributed by atoms with van der Waals surface area (Å²) in [5, 5.41) is 13.8. The van der Waals surface area contributed by atoms with E-state index in [0.29, 0.717) is 34.6 Å². The van der Waals surface area contributed by atoms with E-state index in [2.05, 4.69) is 9.46 Å². The Morgan fingerprint density at radius 2 is 1.96 bits per heavy atom. The second-order valence-electron chi connectivity index (χ2n) is 6.23. The van der Waals surface area contributed by atoms with Gasteiger partial charge < -0.3 is 5.11 Å². The molecule has 0 aliphatic carbocycles. The summed E-state index contributed by atoms with van der Waals surface area (Å²) in [7, 11) is -2.29. The lowest BCUT2D eigenvalue weighted by Crippen LogP contribution is -2.02. The molecule has 0 radical (unpaired) electrons. The van der Waals surface area contributed by atoms with E-state index in [1.807, 2.05) is 0 Å². The first-order valence-corrected chi connectivity index (χ1v) is 10.0. The van der Waals surface area contributed by atoms with Gasteiger partial charge in [0.2, 0.25) is 0 Å². The first-order chi connectivity index (χ1) is 13.0. The van der Waals surface area contributed by atoms with Gasteiger partial charge in [0.25, 0.3) is 0 Å². The number of halogens is 1. The van der Waals surface area contributed by atoms with Crippen molar-refractivity contribution in [1.82, 2.24) is 9.78 Å². The Hall–Kier alpha value is -3.00. The van der Waals surface area contributed by atoms with Gasteiger partial charge in [-0.2, -0.15) is 5.10 Å². The molecule has 1 aliphatic heterocycles. The maximum atomic E-state index is 13.8. The van der Waals surface area contributed by atoms with E-state index >= 15 is 0 Å². The molecule has 1 aliphatic rings. The smallest absolute Gasteiger partial charge is 0.166 e. The third-order valence-corrected chi connectivity index (χ3v) is 6.93. The lowest BCUT2D eigenvalue weighted by molar-refractivity contribution is 0.112. The molecule has 3 aromatic rings. The minimum Gasteiger partial charge on any atom is -0.504 e. The number of phenolic OH excluding ortho intramolecular Hbond substituents is 1. The first kappa shape index (κ1) is 17.4. The summed E-state index contributed by atoms with van der Waals surface area (Å²) in [5.74, 6) is -0.942. The molecule has 1 unspecified atom stereocenters. The minimum absolute atomic E-state index is 0.119. The zero-order valence-corrected chi connectivity index (χ0v) is 15.0. The van der Waals surface area contributed by atoms with Crippen LogP contribution in [0.1, 0.15) is 16.8 Å². The maximum absolute atomic E-state index is 13.8. The highest BCUT2D eigenvalue weighted by molar-refractivity contribution is 7.93. The van der Waals surface area contributed by atoms with Crippen LogP contribution in [0.15, 0.2) is 58.1 Å². The molecule has 0 bridgehead atoms. The lowest BCUT2D eigenvalue weighted by atomic mass is 10.1. The topological polar surface area (TPSA) is 84.5 Å². The van der Waals surface area contributed by atoms with Gasteiger partial charge in [-0.15, -0.1) is 0 Å². The Labute approximate surface area is 155 Å². The number of aldehydes is 1. The molecule has 0 saturated heterocycles. The van der Waals surface area contributed by atoms with E-state index < -0.39 is 21.3 Å². The Balaban J connectivity index is 1.66. The third kappa shape index (κ3) is 3.12. The fourth-order valence-electron chi connectivity index (χ4n) is 3.03. The Bertz CT molecular complexity index is 1150. The number of aromatic nitrogens is 2. The van der Waals surface area contributed by atoms with E-state index in [4.69, 9.17) is 0 Å². The molecular weight excluding hydrogens is 369 g/mol. The molecule has 0 amide bonds. The Kier molecular flexibility index (Phi) is 4.27. The molecule has 2 aromatic carbocycles. The predicted molar refractivity (Wildman–Crippen MR) is 99.2 cm³/mol. The number of aromatic hydroxyl groups is 1. The van der Waals surface area contributed by atoms with Gasteiger partial charge in [0, 0.05) is 29.0 Å². The van der Waals surface area contributed by atoms with Crippen LogP contribution in [0.2, 0.25) is 0 Å². The molecule has 8 heteroatoms. The van der Waals surface area contributed by atoms with E-state index in [-0.39, 0.29) is 5.56 Å². The molecule has 1 atom stereocenters. The molecule has 0 saturated carbocycles. The van der Waals surface area contributed by atoms with Crippen molar-refractivity contribution in [2.24, 2.45) is 4.36 Å². The SMILES string of the molecule is O=Cc1cc(-c2cnn(-c3ccc(S4(=O)=NCCC4)cc3)c2)cc(F)c1O. The number of rotatable bonds is 4. The molecule has 0 fully saturated rings. The van der Waals surface area contributed by atoms with Crippen molar-refractivity contribution in [2.45, 2.75) is 11.3 Å². The van der Waals surface area contributed by atoms with Crippen molar-refractivity contribution >= 4 is 16.0 Å². The second kappa shape index (κ2) is 6.62. The van der Waals surface area contributed by atoms with Crippen LogP contribution in [0.5, 0.6) is 5.75 Å². The van der Waals surface area contributed by atoms with Gasteiger partial charge in [-0.1, -0.05) is 0 Å². The summed E-state index contributed by atoms with van der Waals surface area (Å²) in [6, 6.07) is 9.75. The van der Waals surface area contributed by atoms with Crippen LogP contribution in [-0.4, -0.2) is 37.7 Å². The minimum atomic E-state index is -2.29. The molecular formula is C19H16FN3O3S. The van der Waals surface area contributed by atoms with Gasteiger partial charge in [-0.3, -0.25) is 4.79 Å². The summed E-state index contributed by atoms with van der Waals surface area (Å²) < 4.78 is 32.3. The quantitative estimate of drug-likeness (QED) is 0.698. The van der Waals surface area contributed by atoms with E-state index in [9.17, 15) is 18.5 Å². The normalized spacial score (nSPS) is 19.0. The summed E-state index contributed by atoms with van der Waals surface area (Å²) >= 11 is 0. The van der Waals surface area contributed by atoms with Crippen molar-refractivity contribution in [2.75, 3.05) is 12.3 Å². The molecule has 4 rings (SSSR count). The van der Waals surface area contributed by atoms with Crippen molar-refractivity contribution in [3.63, 3.8) is 0 Å². The number of hydrogen-bond acceptors (Lipinski definition) is 5.